The highest BCUT2D eigenvalue weighted by molar-refractivity contribution is 6.18. The first-order valence-electron chi connectivity index (χ1n) is 6.11. The second kappa shape index (κ2) is 7.10. The van der Waals surface area contributed by atoms with Gasteiger partial charge in [0.2, 0.25) is 5.91 Å². The highest BCUT2D eigenvalue weighted by Gasteiger charge is 2.18. The van der Waals surface area contributed by atoms with Crippen LogP contribution in [0.25, 0.3) is 0 Å². The number of hydrogen-bond acceptors (Lipinski definition) is 1. The Bertz CT molecular complexity index is 186. The summed E-state index contributed by atoms with van der Waals surface area (Å²) in [5.74, 6) is 1.33. The number of alkyl halides is 1. The molecule has 1 saturated carbocycles. The zero-order valence-electron chi connectivity index (χ0n) is 9.60. The van der Waals surface area contributed by atoms with Gasteiger partial charge >= 0.3 is 0 Å². The van der Waals surface area contributed by atoms with Gasteiger partial charge in [-0.15, -0.1) is 11.6 Å². The first kappa shape index (κ1) is 12.8. The second-order valence-corrected chi connectivity index (χ2v) is 4.84. The van der Waals surface area contributed by atoms with Crippen LogP contribution in [0.1, 0.15) is 51.9 Å². The van der Waals surface area contributed by atoms with E-state index in [0.29, 0.717) is 18.2 Å². The molecule has 15 heavy (non-hydrogen) atoms. The Morgan fingerprint density at radius 3 is 2.60 bits per heavy atom. The van der Waals surface area contributed by atoms with Gasteiger partial charge in [0.25, 0.3) is 0 Å². The van der Waals surface area contributed by atoms with Gasteiger partial charge in [-0.1, -0.05) is 26.2 Å². The summed E-state index contributed by atoms with van der Waals surface area (Å²) < 4.78 is 0. The van der Waals surface area contributed by atoms with Crippen molar-refractivity contribution in [1.82, 2.24) is 5.32 Å². The Labute approximate surface area is 97.8 Å². The maximum Gasteiger partial charge on any atom is 0.220 e. The molecule has 1 amide bonds. The normalized spacial score (nSPS) is 19.9. The summed E-state index contributed by atoms with van der Waals surface area (Å²) in [6, 6.07) is 0.155. The molecule has 1 fully saturated rings. The molecule has 0 saturated heterocycles. The smallest absolute Gasteiger partial charge is 0.220 e. The van der Waals surface area contributed by atoms with Gasteiger partial charge in [0, 0.05) is 18.3 Å². The van der Waals surface area contributed by atoms with E-state index < -0.39 is 0 Å². The molecule has 0 aromatic rings. The molecule has 1 rings (SSSR count). The predicted molar refractivity (Wildman–Crippen MR) is 64.1 cm³/mol. The Kier molecular flexibility index (Phi) is 6.07. The SMILES string of the molecule is CCC(CCl)NC(=O)CC1CCCCC1. The van der Waals surface area contributed by atoms with Crippen molar-refractivity contribution in [3.8, 4) is 0 Å². The molecule has 3 heteroatoms. The van der Waals surface area contributed by atoms with Crippen molar-refractivity contribution in [2.45, 2.75) is 57.9 Å². The monoisotopic (exact) mass is 231 g/mol. The van der Waals surface area contributed by atoms with Crippen LogP contribution in [-0.2, 0) is 4.79 Å². The lowest BCUT2D eigenvalue weighted by Crippen LogP contribution is -2.36. The lowest BCUT2D eigenvalue weighted by molar-refractivity contribution is -0.122. The summed E-state index contributed by atoms with van der Waals surface area (Å²) >= 11 is 5.74. The number of halogens is 1. The third-order valence-electron chi connectivity index (χ3n) is 3.24. The van der Waals surface area contributed by atoms with Gasteiger partial charge in [-0.05, 0) is 25.2 Å². The molecule has 1 aliphatic rings. The molecular formula is C12H22ClNO. The summed E-state index contributed by atoms with van der Waals surface area (Å²) in [6.07, 6.45) is 8.01. The van der Waals surface area contributed by atoms with Crippen LogP contribution in [0.2, 0.25) is 0 Å². The largest absolute Gasteiger partial charge is 0.352 e. The molecule has 1 atom stereocenters. The number of carbonyl (C=O) groups is 1. The fourth-order valence-corrected chi connectivity index (χ4v) is 2.49. The molecule has 2 nitrogen and oxygen atoms in total. The first-order chi connectivity index (χ1) is 7.26. The van der Waals surface area contributed by atoms with Crippen LogP contribution in [0.15, 0.2) is 0 Å². The molecule has 0 bridgehead atoms. The average molecular weight is 232 g/mol. The molecule has 1 aliphatic carbocycles. The maximum atomic E-state index is 11.7. The molecule has 0 aromatic heterocycles. The predicted octanol–water partition coefficient (Wildman–Crippen LogP) is 3.09. The molecule has 1 unspecified atom stereocenters. The number of carbonyl (C=O) groups excluding carboxylic acids is 1. The van der Waals surface area contributed by atoms with Crippen LogP contribution in [0.4, 0.5) is 0 Å². The molecule has 0 spiro atoms. The lowest BCUT2D eigenvalue weighted by atomic mass is 9.87. The van der Waals surface area contributed by atoms with Crippen molar-refractivity contribution >= 4 is 17.5 Å². The lowest BCUT2D eigenvalue weighted by Gasteiger charge is -2.22. The van der Waals surface area contributed by atoms with Gasteiger partial charge in [0.1, 0.15) is 0 Å². The van der Waals surface area contributed by atoms with E-state index in [0.717, 1.165) is 6.42 Å². The van der Waals surface area contributed by atoms with Crippen molar-refractivity contribution in [1.29, 1.82) is 0 Å². The van der Waals surface area contributed by atoms with Crippen molar-refractivity contribution in [3.63, 3.8) is 0 Å². The summed E-state index contributed by atoms with van der Waals surface area (Å²) in [7, 11) is 0. The minimum absolute atomic E-state index is 0.155. The van der Waals surface area contributed by atoms with Crippen LogP contribution in [0, 0.1) is 5.92 Å². The van der Waals surface area contributed by atoms with E-state index in [4.69, 9.17) is 11.6 Å². The van der Waals surface area contributed by atoms with Crippen LogP contribution in [0.5, 0.6) is 0 Å². The van der Waals surface area contributed by atoms with Gasteiger partial charge in [0.05, 0.1) is 0 Å². The van der Waals surface area contributed by atoms with Gasteiger partial charge in [-0.2, -0.15) is 0 Å². The zero-order valence-corrected chi connectivity index (χ0v) is 10.4. The minimum Gasteiger partial charge on any atom is -0.352 e. The molecule has 88 valence electrons. The third kappa shape index (κ3) is 4.87. The van der Waals surface area contributed by atoms with Gasteiger partial charge in [-0.3, -0.25) is 4.79 Å². The van der Waals surface area contributed by atoms with Crippen molar-refractivity contribution < 1.29 is 4.79 Å². The Morgan fingerprint density at radius 1 is 1.40 bits per heavy atom. The molecule has 0 heterocycles. The Morgan fingerprint density at radius 2 is 2.07 bits per heavy atom. The quantitative estimate of drug-likeness (QED) is 0.724. The number of nitrogens with one attached hydrogen (secondary N) is 1. The molecule has 0 radical (unpaired) electrons. The summed E-state index contributed by atoms with van der Waals surface area (Å²) in [5.41, 5.74) is 0. The third-order valence-corrected chi connectivity index (χ3v) is 3.62. The van der Waals surface area contributed by atoms with Gasteiger partial charge in [0.15, 0.2) is 0 Å². The number of hydrogen-bond donors (Lipinski definition) is 1. The zero-order chi connectivity index (χ0) is 11.1. The van der Waals surface area contributed by atoms with Crippen LogP contribution in [-0.4, -0.2) is 17.8 Å². The van der Waals surface area contributed by atoms with Crippen LogP contribution in [0.3, 0.4) is 0 Å². The van der Waals surface area contributed by atoms with E-state index in [1.807, 2.05) is 6.92 Å². The number of rotatable bonds is 5. The minimum atomic E-state index is 0.155. The maximum absolute atomic E-state index is 11.7. The number of amides is 1. The topological polar surface area (TPSA) is 29.1 Å². The van der Waals surface area contributed by atoms with E-state index in [1.165, 1.54) is 32.1 Å². The van der Waals surface area contributed by atoms with Crippen LogP contribution < -0.4 is 5.32 Å². The molecule has 1 N–H and O–H groups in total. The van der Waals surface area contributed by atoms with Gasteiger partial charge < -0.3 is 5.32 Å². The summed E-state index contributed by atoms with van der Waals surface area (Å²) in [5, 5.41) is 2.99. The standard InChI is InChI=1S/C12H22ClNO/c1-2-11(9-13)14-12(15)8-10-6-4-3-5-7-10/h10-11H,2-9H2,1H3,(H,14,15). The van der Waals surface area contributed by atoms with E-state index in [-0.39, 0.29) is 11.9 Å². The second-order valence-electron chi connectivity index (χ2n) is 4.54. The molecular weight excluding hydrogens is 210 g/mol. The summed E-state index contributed by atoms with van der Waals surface area (Å²) in [4.78, 5) is 11.7. The van der Waals surface area contributed by atoms with Crippen LogP contribution >= 0.6 is 11.6 Å². The Balaban J connectivity index is 2.21. The van der Waals surface area contributed by atoms with Crippen molar-refractivity contribution in [2.24, 2.45) is 5.92 Å². The van der Waals surface area contributed by atoms with E-state index in [2.05, 4.69) is 5.32 Å². The van der Waals surface area contributed by atoms with E-state index in [1.54, 1.807) is 0 Å². The Hall–Kier alpha value is -0.240. The fraction of sp³-hybridized carbons (Fsp3) is 0.917. The van der Waals surface area contributed by atoms with Crippen molar-refractivity contribution in [2.75, 3.05) is 5.88 Å². The first-order valence-corrected chi connectivity index (χ1v) is 6.65. The fourth-order valence-electron chi connectivity index (χ4n) is 2.19. The van der Waals surface area contributed by atoms with E-state index >= 15 is 0 Å². The van der Waals surface area contributed by atoms with Crippen molar-refractivity contribution in [3.05, 3.63) is 0 Å². The highest BCUT2D eigenvalue weighted by atomic mass is 35.5. The van der Waals surface area contributed by atoms with E-state index in [9.17, 15) is 4.79 Å². The molecule has 0 aliphatic heterocycles. The summed E-state index contributed by atoms with van der Waals surface area (Å²) in [6.45, 7) is 2.05. The highest BCUT2D eigenvalue weighted by Crippen LogP contribution is 2.26. The molecule has 0 aromatic carbocycles. The van der Waals surface area contributed by atoms with Gasteiger partial charge in [-0.25, -0.2) is 0 Å². The average Bonchev–Trinajstić information content (AvgIpc) is 2.27.